The van der Waals surface area contributed by atoms with Crippen LogP contribution in [0.15, 0.2) is 5.10 Å². The molecule has 0 aromatic rings. The van der Waals surface area contributed by atoms with Crippen LogP contribution in [0.5, 0.6) is 0 Å². The van der Waals surface area contributed by atoms with E-state index in [1.54, 1.807) is 4.41 Å². The van der Waals surface area contributed by atoms with Crippen LogP contribution in [0.2, 0.25) is 0 Å². The molecule has 1 heterocycles. The molecule has 0 aromatic heterocycles. The van der Waals surface area contributed by atoms with Gasteiger partial charge in [-0.25, -0.2) is 4.41 Å². The van der Waals surface area contributed by atoms with Gasteiger partial charge in [-0.1, -0.05) is 0 Å². The quantitative estimate of drug-likeness (QED) is 0.465. The van der Waals surface area contributed by atoms with Crippen LogP contribution in [0.25, 0.3) is 0 Å². The molecule has 0 aliphatic carbocycles. The van der Waals surface area contributed by atoms with E-state index in [-0.39, 0.29) is 0 Å². The van der Waals surface area contributed by atoms with Crippen molar-refractivity contribution in [3.8, 4) is 0 Å². The fourth-order valence-corrected chi connectivity index (χ4v) is 0.748. The lowest BCUT2D eigenvalue weighted by atomic mass is 10.3. The van der Waals surface area contributed by atoms with Crippen LogP contribution in [0.3, 0.4) is 0 Å². The summed E-state index contributed by atoms with van der Waals surface area (Å²) in [6.45, 7) is 0.986. The van der Waals surface area contributed by atoms with Gasteiger partial charge in [-0.05, 0) is 25.7 Å². The Morgan fingerprint density at radius 3 is 2.86 bits per heavy atom. The molecule has 2 nitrogen and oxygen atoms in total. The fourth-order valence-electron chi connectivity index (χ4n) is 0.534. The molecule has 0 aromatic carbocycles. The first-order valence-corrected chi connectivity index (χ1v) is 2.78. The molecule has 40 valence electrons. The summed E-state index contributed by atoms with van der Waals surface area (Å²) in [6.07, 6.45) is 4.18. The Labute approximate surface area is 48.7 Å². The third kappa shape index (κ3) is 1.39. The predicted octanol–water partition coefficient (Wildman–Crippen LogP) is 0.913. The van der Waals surface area contributed by atoms with Crippen molar-refractivity contribution in [3.63, 3.8) is 0 Å². The predicted molar refractivity (Wildman–Crippen MR) is 33.4 cm³/mol. The molecule has 0 saturated heterocycles. The first kappa shape index (κ1) is 4.97. The van der Waals surface area contributed by atoms with Gasteiger partial charge in [0, 0.05) is 12.8 Å². The summed E-state index contributed by atoms with van der Waals surface area (Å²) in [5, 5.41) is 3.90. The summed E-state index contributed by atoms with van der Waals surface area (Å²) >= 11 is 4.00. The van der Waals surface area contributed by atoms with Gasteiger partial charge in [0.25, 0.3) is 0 Å². The zero-order valence-electron chi connectivity index (χ0n) is 4.04. The van der Waals surface area contributed by atoms with Gasteiger partial charge in [-0.3, -0.25) is 0 Å². The highest BCUT2D eigenvalue weighted by Crippen LogP contribution is 2.02. The summed E-state index contributed by atoms with van der Waals surface area (Å²) in [7, 11) is 0. The van der Waals surface area contributed by atoms with Crippen molar-refractivity contribution in [3.05, 3.63) is 0 Å². The molecular weight excluding hydrogens is 108 g/mol. The average Bonchev–Trinajstić information content (AvgIpc) is 1.69. The van der Waals surface area contributed by atoms with Crippen molar-refractivity contribution in [2.45, 2.75) is 12.8 Å². The summed E-state index contributed by atoms with van der Waals surface area (Å²) in [6, 6.07) is 0. The monoisotopic (exact) mass is 116 g/mol. The Bertz CT molecular complexity index is 81.8. The van der Waals surface area contributed by atoms with Crippen molar-refractivity contribution in [1.82, 2.24) is 4.41 Å². The zero-order valence-corrected chi connectivity index (χ0v) is 4.93. The lowest BCUT2D eigenvalue weighted by Crippen LogP contribution is -2.10. The highest BCUT2D eigenvalue weighted by atomic mass is 32.1. The maximum Gasteiger partial charge on any atom is 0.0482 e. The fraction of sp³-hybridized carbons (Fsp3) is 0.750. The van der Waals surface area contributed by atoms with Gasteiger partial charge in [0.1, 0.15) is 0 Å². The molecule has 3 heteroatoms. The minimum Gasteiger partial charge on any atom is -0.242 e. The van der Waals surface area contributed by atoms with Gasteiger partial charge in [-0.15, -0.1) is 0 Å². The molecule has 0 radical (unpaired) electrons. The highest BCUT2D eigenvalue weighted by Gasteiger charge is 1.96. The molecule has 0 fully saturated rings. The van der Waals surface area contributed by atoms with Crippen molar-refractivity contribution >= 4 is 19.0 Å². The van der Waals surface area contributed by atoms with Gasteiger partial charge in [0.05, 0.1) is 0 Å². The van der Waals surface area contributed by atoms with Crippen LogP contribution in [-0.4, -0.2) is 17.2 Å². The van der Waals surface area contributed by atoms with Gasteiger partial charge >= 0.3 is 0 Å². The molecule has 0 N–H and O–H groups in total. The van der Waals surface area contributed by atoms with E-state index in [0.717, 1.165) is 13.0 Å². The molecule has 1 aliphatic rings. The second-order valence-electron chi connectivity index (χ2n) is 1.54. The van der Waals surface area contributed by atoms with Crippen LogP contribution >= 0.6 is 12.8 Å². The third-order valence-corrected chi connectivity index (χ3v) is 1.21. The second-order valence-corrected chi connectivity index (χ2v) is 2.00. The topological polar surface area (TPSA) is 15.6 Å². The smallest absolute Gasteiger partial charge is 0.0482 e. The number of hydrogen-bond donors (Lipinski definition) is 1. The molecule has 1 aliphatic heterocycles. The molecule has 0 atom stereocenters. The van der Waals surface area contributed by atoms with E-state index in [1.165, 1.54) is 6.42 Å². The molecule has 7 heavy (non-hydrogen) atoms. The summed E-state index contributed by atoms with van der Waals surface area (Å²) in [5.41, 5.74) is 0. The van der Waals surface area contributed by atoms with Crippen molar-refractivity contribution in [2.75, 3.05) is 6.54 Å². The zero-order chi connectivity index (χ0) is 5.11. The average molecular weight is 116 g/mol. The summed E-state index contributed by atoms with van der Waals surface area (Å²) in [5.74, 6) is 0. The normalized spacial score (nSPS) is 20.4. The van der Waals surface area contributed by atoms with Gasteiger partial charge in [-0.2, -0.15) is 5.10 Å². The highest BCUT2D eigenvalue weighted by molar-refractivity contribution is 7.77. The summed E-state index contributed by atoms with van der Waals surface area (Å²) < 4.78 is 1.66. The van der Waals surface area contributed by atoms with E-state index in [4.69, 9.17) is 0 Å². The SMILES string of the molecule is SN1CCCC=N1. The van der Waals surface area contributed by atoms with Crippen molar-refractivity contribution < 1.29 is 0 Å². The Hall–Kier alpha value is -0.180. The molecule has 0 amide bonds. The lowest BCUT2D eigenvalue weighted by Gasteiger charge is -2.12. The molecule has 1 rings (SSSR count). The van der Waals surface area contributed by atoms with Crippen LogP contribution in [0, 0.1) is 0 Å². The standard InChI is InChI=1S/C4H8N2S/c7-6-4-2-1-3-5-6/h3,7H,1-2,4H2. The number of rotatable bonds is 0. The summed E-state index contributed by atoms with van der Waals surface area (Å²) in [4.78, 5) is 0. The second kappa shape index (κ2) is 2.21. The Kier molecular flexibility index (Phi) is 1.57. The van der Waals surface area contributed by atoms with Crippen LogP contribution < -0.4 is 0 Å². The van der Waals surface area contributed by atoms with Crippen molar-refractivity contribution in [1.29, 1.82) is 0 Å². The maximum atomic E-state index is 4.00. The van der Waals surface area contributed by atoms with Gasteiger partial charge in [0.15, 0.2) is 0 Å². The van der Waals surface area contributed by atoms with Crippen LogP contribution in [0.1, 0.15) is 12.8 Å². The Morgan fingerprint density at radius 1 is 1.71 bits per heavy atom. The van der Waals surface area contributed by atoms with E-state index in [0.29, 0.717) is 0 Å². The number of nitrogens with zero attached hydrogens (tertiary/aromatic N) is 2. The molecular formula is C4H8N2S. The first-order chi connectivity index (χ1) is 3.39. The van der Waals surface area contributed by atoms with E-state index in [2.05, 4.69) is 17.9 Å². The number of thiol groups is 1. The first-order valence-electron chi connectivity index (χ1n) is 2.38. The van der Waals surface area contributed by atoms with Crippen LogP contribution in [0.4, 0.5) is 0 Å². The van der Waals surface area contributed by atoms with E-state index < -0.39 is 0 Å². The Balaban J connectivity index is 2.36. The minimum atomic E-state index is 0.986. The number of hydrazone groups is 1. The van der Waals surface area contributed by atoms with E-state index in [1.807, 2.05) is 6.21 Å². The maximum absolute atomic E-state index is 4.00. The minimum absolute atomic E-state index is 0.986. The van der Waals surface area contributed by atoms with E-state index in [9.17, 15) is 0 Å². The molecule has 0 spiro atoms. The lowest BCUT2D eigenvalue weighted by molar-refractivity contribution is 0.480. The van der Waals surface area contributed by atoms with Crippen LogP contribution in [-0.2, 0) is 0 Å². The third-order valence-electron chi connectivity index (χ3n) is 0.906. The molecule has 0 unspecified atom stereocenters. The van der Waals surface area contributed by atoms with Gasteiger partial charge < -0.3 is 0 Å². The Morgan fingerprint density at radius 2 is 2.57 bits per heavy atom. The largest absolute Gasteiger partial charge is 0.242 e. The number of hydrogen-bond acceptors (Lipinski definition) is 3. The molecule has 0 bridgehead atoms. The molecule has 0 saturated carbocycles. The van der Waals surface area contributed by atoms with E-state index >= 15 is 0 Å². The van der Waals surface area contributed by atoms with Gasteiger partial charge in [0.2, 0.25) is 0 Å². The van der Waals surface area contributed by atoms with Crippen molar-refractivity contribution in [2.24, 2.45) is 5.10 Å².